The highest BCUT2D eigenvalue weighted by Gasteiger charge is 2.08. The third-order valence-corrected chi connectivity index (χ3v) is 4.02. The molecule has 0 aliphatic rings. The van der Waals surface area contributed by atoms with Gasteiger partial charge in [0, 0.05) is 29.7 Å². The van der Waals surface area contributed by atoms with Crippen LogP contribution < -0.4 is 0 Å². The Morgan fingerprint density at radius 3 is 2.53 bits per heavy atom. The maximum Gasteiger partial charge on any atom is 0.175 e. The van der Waals surface area contributed by atoms with Crippen LogP contribution in [0.5, 0.6) is 0 Å². The Labute approximate surface area is 110 Å². The summed E-state index contributed by atoms with van der Waals surface area (Å²) in [7, 11) is -3.17. The minimum absolute atomic E-state index is 0.308. The van der Waals surface area contributed by atoms with Gasteiger partial charge in [-0.1, -0.05) is 0 Å². The Kier molecular flexibility index (Phi) is 2.60. The predicted octanol–water partition coefficient (Wildman–Crippen LogP) is 1.82. The van der Waals surface area contributed by atoms with E-state index in [0.717, 1.165) is 16.7 Å². The number of aromatic nitrogens is 3. The molecule has 2 aromatic heterocycles. The van der Waals surface area contributed by atoms with Crippen LogP contribution >= 0.6 is 0 Å². The van der Waals surface area contributed by atoms with Crippen LogP contribution in [0.4, 0.5) is 0 Å². The molecular weight excluding hydrogens is 262 g/mol. The number of hydrogen-bond acceptors (Lipinski definition) is 4. The van der Waals surface area contributed by atoms with Gasteiger partial charge in [0.2, 0.25) is 0 Å². The minimum Gasteiger partial charge on any atom is -0.301 e. The zero-order chi connectivity index (χ0) is 13.5. The van der Waals surface area contributed by atoms with Crippen LogP contribution in [-0.2, 0) is 9.84 Å². The molecule has 0 radical (unpaired) electrons. The Balaban J connectivity index is 2.12. The molecular formula is C13H11N3O2S. The van der Waals surface area contributed by atoms with E-state index >= 15 is 0 Å². The smallest absolute Gasteiger partial charge is 0.175 e. The number of benzene rings is 1. The van der Waals surface area contributed by atoms with Crippen molar-refractivity contribution < 1.29 is 8.42 Å². The first kappa shape index (κ1) is 11.9. The van der Waals surface area contributed by atoms with E-state index in [1.54, 1.807) is 30.5 Å². The summed E-state index contributed by atoms with van der Waals surface area (Å²) < 4.78 is 24.7. The molecule has 0 saturated heterocycles. The first-order valence-corrected chi connectivity index (χ1v) is 7.52. The third kappa shape index (κ3) is 2.10. The molecule has 0 amide bonds. The maximum absolute atomic E-state index is 11.4. The van der Waals surface area contributed by atoms with Crippen LogP contribution in [0.3, 0.4) is 0 Å². The van der Waals surface area contributed by atoms with Crippen molar-refractivity contribution in [3.63, 3.8) is 0 Å². The van der Waals surface area contributed by atoms with Gasteiger partial charge >= 0.3 is 0 Å². The lowest BCUT2D eigenvalue weighted by Gasteiger charge is -2.05. The molecule has 3 rings (SSSR count). The second-order valence-electron chi connectivity index (χ2n) is 4.25. The maximum atomic E-state index is 11.4. The van der Waals surface area contributed by atoms with E-state index in [-0.39, 0.29) is 0 Å². The summed E-state index contributed by atoms with van der Waals surface area (Å²) in [4.78, 5) is 8.49. The summed E-state index contributed by atoms with van der Waals surface area (Å²) in [5.74, 6) is 0. The number of fused-ring (bicyclic) bond motifs is 1. The molecule has 6 heteroatoms. The lowest BCUT2D eigenvalue weighted by molar-refractivity contribution is 0.602. The summed E-state index contributed by atoms with van der Waals surface area (Å²) in [5, 5.41) is 0.940. The van der Waals surface area contributed by atoms with Gasteiger partial charge in [-0.15, -0.1) is 0 Å². The highest BCUT2D eigenvalue weighted by molar-refractivity contribution is 7.90. The highest BCUT2D eigenvalue weighted by atomic mass is 32.2. The van der Waals surface area contributed by atoms with E-state index in [2.05, 4.69) is 9.97 Å². The molecule has 0 bridgehead atoms. The number of hydrogen-bond donors (Lipinski definition) is 0. The van der Waals surface area contributed by atoms with Crippen molar-refractivity contribution in [1.82, 2.24) is 14.5 Å². The second kappa shape index (κ2) is 4.17. The van der Waals surface area contributed by atoms with Crippen LogP contribution in [0.15, 0.2) is 53.9 Å². The van der Waals surface area contributed by atoms with Gasteiger partial charge in [0.15, 0.2) is 9.84 Å². The summed E-state index contributed by atoms with van der Waals surface area (Å²) in [6, 6.07) is 8.63. The summed E-state index contributed by atoms with van der Waals surface area (Å²) in [6.07, 6.45) is 6.31. The van der Waals surface area contributed by atoms with Crippen LogP contribution in [0, 0.1) is 0 Å². The van der Waals surface area contributed by atoms with E-state index in [4.69, 9.17) is 0 Å². The van der Waals surface area contributed by atoms with Crippen molar-refractivity contribution in [2.45, 2.75) is 4.90 Å². The van der Waals surface area contributed by atoms with Crippen molar-refractivity contribution >= 4 is 20.9 Å². The molecule has 2 heterocycles. The number of sulfone groups is 1. The van der Waals surface area contributed by atoms with Crippen molar-refractivity contribution in [3.8, 4) is 5.69 Å². The SMILES string of the molecule is CS(=O)(=O)c1ccc(-n2ccc3cncnc32)cc1. The summed E-state index contributed by atoms with van der Waals surface area (Å²) >= 11 is 0. The van der Waals surface area contributed by atoms with Crippen LogP contribution in [0.25, 0.3) is 16.7 Å². The highest BCUT2D eigenvalue weighted by Crippen LogP contribution is 2.19. The Hall–Kier alpha value is -2.21. The van der Waals surface area contributed by atoms with Crippen LogP contribution in [0.1, 0.15) is 0 Å². The van der Waals surface area contributed by atoms with Gasteiger partial charge in [0.25, 0.3) is 0 Å². The van der Waals surface area contributed by atoms with Crippen molar-refractivity contribution in [1.29, 1.82) is 0 Å². The summed E-state index contributed by atoms with van der Waals surface area (Å²) in [6.45, 7) is 0. The fourth-order valence-electron chi connectivity index (χ4n) is 1.94. The topological polar surface area (TPSA) is 64.8 Å². The minimum atomic E-state index is -3.17. The average Bonchev–Trinajstić information content (AvgIpc) is 2.82. The monoisotopic (exact) mass is 273 g/mol. The zero-order valence-electron chi connectivity index (χ0n) is 10.2. The van der Waals surface area contributed by atoms with Crippen molar-refractivity contribution in [2.75, 3.05) is 6.26 Å². The van der Waals surface area contributed by atoms with Gasteiger partial charge in [0.1, 0.15) is 12.0 Å². The lowest BCUT2D eigenvalue weighted by Crippen LogP contribution is -1.98. The van der Waals surface area contributed by atoms with E-state index in [1.807, 2.05) is 16.8 Å². The molecule has 0 unspecified atom stereocenters. The number of rotatable bonds is 2. The van der Waals surface area contributed by atoms with Gasteiger partial charge in [-0.2, -0.15) is 0 Å². The average molecular weight is 273 g/mol. The van der Waals surface area contributed by atoms with Gasteiger partial charge in [-0.25, -0.2) is 18.4 Å². The second-order valence-corrected chi connectivity index (χ2v) is 6.27. The zero-order valence-corrected chi connectivity index (χ0v) is 11.0. The standard InChI is InChI=1S/C13H11N3O2S/c1-19(17,18)12-4-2-11(3-5-12)16-7-6-10-8-14-9-15-13(10)16/h2-9H,1H3. The van der Waals surface area contributed by atoms with Gasteiger partial charge < -0.3 is 4.57 Å². The quantitative estimate of drug-likeness (QED) is 0.714. The van der Waals surface area contributed by atoms with E-state index in [1.165, 1.54) is 12.6 Å². The molecule has 5 nitrogen and oxygen atoms in total. The van der Waals surface area contributed by atoms with Crippen molar-refractivity contribution in [2.24, 2.45) is 0 Å². The Morgan fingerprint density at radius 2 is 1.84 bits per heavy atom. The van der Waals surface area contributed by atoms with Crippen LogP contribution in [0.2, 0.25) is 0 Å². The molecule has 0 saturated carbocycles. The van der Waals surface area contributed by atoms with Gasteiger partial charge in [-0.05, 0) is 30.3 Å². The number of nitrogens with zero attached hydrogens (tertiary/aromatic N) is 3. The van der Waals surface area contributed by atoms with Gasteiger partial charge in [0.05, 0.1) is 4.90 Å². The predicted molar refractivity (Wildman–Crippen MR) is 72.0 cm³/mol. The Bertz CT molecular complexity index is 836. The fraction of sp³-hybridized carbons (Fsp3) is 0.0769. The van der Waals surface area contributed by atoms with E-state index in [9.17, 15) is 8.42 Å². The molecule has 96 valence electrons. The summed E-state index contributed by atoms with van der Waals surface area (Å²) in [5.41, 5.74) is 1.66. The molecule has 0 aliphatic heterocycles. The fourth-order valence-corrected chi connectivity index (χ4v) is 2.57. The third-order valence-electron chi connectivity index (χ3n) is 2.89. The molecule has 0 fully saturated rings. The molecule has 3 aromatic rings. The normalized spacial score (nSPS) is 11.8. The molecule has 19 heavy (non-hydrogen) atoms. The van der Waals surface area contributed by atoms with E-state index in [0.29, 0.717) is 4.90 Å². The Morgan fingerprint density at radius 1 is 1.11 bits per heavy atom. The van der Waals surface area contributed by atoms with E-state index < -0.39 is 9.84 Å². The molecule has 1 aromatic carbocycles. The first-order valence-electron chi connectivity index (χ1n) is 5.63. The molecule has 0 N–H and O–H groups in total. The molecule has 0 spiro atoms. The molecule has 0 atom stereocenters. The van der Waals surface area contributed by atoms with Crippen LogP contribution in [-0.4, -0.2) is 29.2 Å². The van der Waals surface area contributed by atoms with Crippen molar-refractivity contribution in [3.05, 3.63) is 49.1 Å². The molecule has 0 aliphatic carbocycles. The first-order chi connectivity index (χ1) is 9.05. The largest absolute Gasteiger partial charge is 0.301 e. The van der Waals surface area contributed by atoms with Gasteiger partial charge in [-0.3, -0.25) is 0 Å². The lowest BCUT2D eigenvalue weighted by atomic mass is 10.3.